The van der Waals surface area contributed by atoms with E-state index in [1.807, 2.05) is 30.3 Å². The smallest absolute Gasteiger partial charge is 0.211 e. The lowest BCUT2D eigenvalue weighted by Crippen LogP contribution is -1.84. The van der Waals surface area contributed by atoms with Gasteiger partial charge < -0.3 is 0 Å². The minimum Gasteiger partial charge on any atom is -0.211 e. The van der Waals surface area contributed by atoms with E-state index in [1.54, 1.807) is 29.6 Å². The first kappa shape index (κ1) is 15.9. The van der Waals surface area contributed by atoms with Crippen LogP contribution >= 0.6 is 23.5 Å². The summed E-state index contributed by atoms with van der Waals surface area (Å²) in [4.78, 5) is 18.2. The van der Waals surface area contributed by atoms with Gasteiger partial charge in [0, 0.05) is 20.1 Å². The van der Waals surface area contributed by atoms with E-state index in [9.17, 15) is 4.79 Å². The molecule has 0 unspecified atom stereocenters. The number of benzene rings is 3. The van der Waals surface area contributed by atoms with Crippen LogP contribution < -0.4 is 0 Å². The fourth-order valence-electron chi connectivity index (χ4n) is 2.45. The van der Waals surface area contributed by atoms with Gasteiger partial charge in [0.05, 0.1) is 5.69 Å². The fraction of sp³-hybridized carbons (Fsp3) is 0.105. The van der Waals surface area contributed by atoms with Crippen molar-refractivity contribution < 1.29 is 4.79 Å². The van der Waals surface area contributed by atoms with Crippen molar-refractivity contribution in [2.24, 2.45) is 4.99 Å². The van der Waals surface area contributed by atoms with Crippen molar-refractivity contribution in [1.29, 1.82) is 0 Å². The van der Waals surface area contributed by atoms with E-state index in [0.717, 1.165) is 26.3 Å². The largest absolute Gasteiger partial charge is 0.240 e. The summed E-state index contributed by atoms with van der Waals surface area (Å²) in [5.41, 5.74) is 0.684. The Morgan fingerprint density at radius 1 is 0.957 bits per heavy atom. The number of isocyanates is 1. The van der Waals surface area contributed by atoms with Crippen LogP contribution in [0.4, 0.5) is 5.69 Å². The van der Waals surface area contributed by atoms with Gasteiger partial charge in [-0.2, -0.15) is 4.99 Å². The molecule has 0 N–H and O–H groups in total. The Labute approximate surface area is 144 Å². The van der Waals surface area contributed by atoms with E-state index >= 15 is 0 Å². The third kappa shape index (κ3) is 3.50. The highest BCUT2D eigenvalue weighted by Gasteiger charge is 2.11. The van der Waals surface area contributed by atoms with Gasteiger partial charge in [-0.15, -0.1) is 11.8 Å². The molecule has 4 heteroatoms. The van der Waals surface area contributed by atoms with Gasteiger partial charge in [-0.1, -0.05) is 49.0 Å². The molecule has 0 heterocycles. The number of nitrogens with zero attached hydrogens (tertiary/aromatic N) is 1. The molecule has 0 aliphatic rings. The third-order valence-electron chi connectivity index (χ3n) is 3.38. The summed E-state index contributed by atoms with van der Waals surface area (Å²) in [7, 11) is 0. The number of thioether (sulfide) groups is 1. The number of carbonyl (C=O) groups excluding carboxylic acids is 1. The first-order valence-corrected chi connectivity index (χ1v) is 9.13. The van der Waals surface area contributed by atoms with Gasteiger partial charge in [0.15, 0.2) is 0 Å². The standard InChI is InChI=1S/C19H15NOS2/c1-2-22-18-10-6-9-15-17(23-14-7-4-3-5-8-14)12-11-16(19(15)18)20-13-21/h3-12H,2H2,1H3. The second-order valence-electron chi connectivity index (χ2n) is 4.81. The molecule has 0 spiro atoms. The SMILES string of the molecule is CCSc1cccc2c(Sc3ccccc3)ccc(N=C=O)c12. The van der Waals surface area contributed by atoms with Crippen LogP contribution in [-0.2, 0) is 4.79 Å². The summed E-state index contributed by atoms with van der Waals surface area (Å²) < 4.78 is 0. The van der Waals surface area contributed by atoms with Crippen molar-refractivity contribution in [3.8, 4) is 0 Å². The zero-order chi connectivity index (χ0) is 16.1. The second kappa shape index (κ2) is 7.51. The van der Waals surface area contributed by atoms with Gasteiger partial charge in [-0.05, 0) is 41.5 Å². The van der Waals surface area contributed by atoms with E-state index in [-0.39, 0.29) is 0 Å². The van der Waals surface area contributed by atoms with Gasteiger partial charge in [-0.25, -0.2) is 4.79 Å². The summed E-state index contributed by atoms with van der Waals surface area (Å²) in [5, 5.41) is 2.15. The van der Waals surface area contributed by atoms with Crippen LogP contribution in [0, 0.1) is 0 Å². The van der Waals surface area contributed by atoms with Crippen LogP contribution in [0.2, 0.25) is 0 Å². The van der Waals surface area contributed by atoms with Crippen molar-refractivity contribution in [3.05, 3.63) is 60.7 Å². The Bertz CT molecular complexity index is 871. The summed E-state index contributed by atoms with van der Waals surface area (Å²) >= 11 is 3.48. The van der Waals surface area contributed by atoms with Crippen LogP contribution in [0.5, 0.6) is 0 Å². The van der Waals surface area contributed by atoms with Crippen molar-refractivity contribution in [2.45, 2.75) is 21.6 Å². The van der Waals surface area contributed by atoms with Crippen LogP contribution in [0.15, 0.2) is 80.3 Å². The maximum absolute atomic E-state index is 10.8. The molecule has 0 aliphatic heterocycles. The molecule has 0 fully saturated rings. The lowest BCUT2D eigenvalue weighted by molar-refractivity contribution is 0.565. The van der Waals surface area contributed by atoms with Crippen molar-refractivity contribution >= 4 is 46.1 Å². The molecule has 0 saturated heterocycles. The summed E-state index contributed by atoms with van der Waals surface area (Å²) in [5.74, 6) is 0.972. The Morgan fingerprint density at radius 3 is 2.52 bits per heavy atom. The van der Waals surface area contributed by atoms with Gasteiger partial charge in [0.25, 0.3) is 0 Å². The first-order valence-electron chi connectivity index (χ1n) is 7.32. The molecule has 3 aromatic carbocycles. The van der Waals surface area contributed by atoms with Crippen molar-refractivity contribution in [2.75, 3.05) is 5.75 Å². The minimum absolute atomic E-state index is 0.684. The molecule has 3 aromatic rings. The molecule has 114 valence electrons. The predicted octanol–water partition coefficient (Wildman–Crippen LogP) is 6.07. The highest BCUT2D eigenvalue weighted by Crippen LogP contribution is 2.41. The lowest BCUT2D eigenvalue weighted by Gasteiger charge is -2.11. The van der Waals surface area contributed by atoms with Crippen LogP contribution in [-0.4, -0.2) is 11.8 Å². The van der Waals surface area contributed by atoms with Crippen molar-refractivity contribution in [3.63, 3.8) is 0 Å². The molecule has 0 aromatic heterocycles. The zero-order valence-corrected chi connectivity index (χ0v) is 14.3. The van der Waals surface area contributed by atoms with Gasteiger partial charge in [-0.3, -0.25) is 0 Å². The molecular weight excluding hydrogens is 322 g/mol. The molecule has 0 atom stereocenters. The molecule has 0 aliphatic carbocycles. The maximum Gasteiger partial charge on any atom is 0.240 e. The summed E-state index contributed by atoms with van der Waals surface area (Å²) in [6.07, 6.45) is 1.67. The van der Waals surface area contributed by atoms with E-state index in [0.29, 0.717) is 5.69 Å². The average Bonchev–Trinajstić information content (AvgIpc) is 2.58. The topological polar surface area (TPSA) is 29.4 Å². The Balaban J connectivity index is 2.19. The third-order valence-corrected chi connectivity index (χ3v) is 5.40. The number of hydrogen-bond acceptors (Lipinski definition) is 4. The van der Waals surface area contributed by atoms with Crippen LogP contribution in [0.1, 0.15) is 6.92 Å². The molecular formula is C19H15NOS2. The van der Waals surface area contributed by atoms with Gasteiger partial charge in [0.1, 0.15) is 0 Å². The van der Waals surface area contributed by atoms with E-state index in [1.165, 1.54) is 4.90 Å². The number of hydrogen-bond donors (Lipinski definition) is 0. The highest BCUT2D eigenvalue weighted by atomic mass is 32.2. The Hall–Kier alpha value is -2.00. The van der Waals surface area contributed by atoms with E-state index in [2.05, 4.69) is 42.2 Å². The van der Waals surface area contributed by atoms with Crippen molar-refractivity contribution in [1.82, 2.24) is 0 Å². The van der Waals surface area contributed by atoms with Crippen LogP contribution in [0.3, 0.4) is 0 Å². The number of fused-ring (bicyclic) bond motifs is 1. The molecule has 0 radical (unpaired) electrons. The molecule has 0 saturated carbocycles. The number of aliphatic imine (C=N–C) groups is 1. The summed E-state index contributed by atoms with van der Waals surface area (Å²) in [6.45, 7) is 2.12. The van der Waals surface area contributed by atoms with Crippen LogP contribution in [0.25, 0.3) is 10.8 Å². The van der Waals surface area contributed by atoms with Gasteiger partial charge in [0.2, 0.25) is 6.08 Å². The van der Waals surface area contributed by atoms with E-state index < -0.39 is 0 Å². The fourth-order valence-corrected chi connectivity index (χ4v) is 4.26. The Morgan fingerprint density at radius 2 is 1.78 bits per heavy atom. The average molecular weight is 337 g/mol. The molecule has 0 amide bonds. The lowest BCUT2D eigenvalue weighted by atomic mass is 10.1. The predicted molar refractivity (Wildman–Crippen MR) is 98.7 cm³/mol. The zero-order valence-electron chi connectivity index (χ0n) is 12.7. The molecule has 23 heavy (non-hydrogen) atoms. The van der Waals surface area contributed by atoms with E-state index in [4.69, 9.17) is 0 Å². The minimum atomic E-state index is 0.684. The second-order valence-corrected chi connectivity index (χ2v) is 7.23. The number of rotatable bonds is 5. The monoisotopic (exact) mass is 337 g/mol. The molecule has 0 bridgehead atoms. The highest BCUT2D eigenvalue weighted by molar-refractivity contribution is 8.00. The van der Waals surface area contributed by atoms with Gasteiger partial charge >= 0.3 is 0 Å². The Kier molecular flexibility index (Phi) is 5.19. The first-order chi connectivity index (χ1) is 11.3. The quantitative estimate of drug-likeness (QED) is 0.321. The molecule has 2 nitrogen and oxygen atoms in total. The molecule has 3 rings (SSSR count). The normalized spacial score (nSPS) is 10.5. The maximum atomic E-state index is 10.8. The summed E-state index contributed by atoms with van der Waals surface area (Å²) in [6, 6.07) is 20.4.